The van der Waals surface area contributed by atoms with Crippen molar-refractivity contribution in [3.8, 4) is 5.75 Å². The highest BCUT2D eigenvalue weighted by atomic mass is 16.5. The molecule has 4 rings (SSSR count). The van der Waals surface area contributed by atoms with Gasteiger partial charge in [0.2, 0.25) is 5.43 Å². The summed E-state index contributed by atoms with van der Waals surface area (Å²) in [6, 6.07) is 11.0. The molecule has 0 bridgehead atoms. The van der Waals surface area contributed by atoms with Gasteiger partial charge in [0.15, 0.2) is 11.4 Å². The van der Waals surface area contributed by atoms with Crippen molar-refractivity contribution in [3.63, 3.8) is 0 Å². The van der Waals surface area contributed by atoms with Gasteiger partial charge in [0.05, 0.1) is 6.10 Å². The Morgan fingerprint density at radius 3 is 2.87 bits per heavy atom. The molecule has 1 amide bonds. The van der Waals surface area contributed by atoms with E-state index in [1.807, 2.05) is 30.3 Å². The molecule has 0 radical (unpaired) electrons. The number of amides is 1. The zero-order valence-electron chi connectivity index (χ0n) is 17.3. The van der Waals surface area contributed by atoms with Crippen LogP contribution in [0.5, 0.6) is 5.75 Å². The number of carbonyl (C=O) groups excluding carboxylic acids is 1. The Hall–Kier alpha value is -2.64. The van der Waals surface area contributed by atoms with Crippen molar-refractivity contribution >= 4 is 5.91 Å². The summed E-state index contributed by atoms with van der Waals surface area (Å²) >= 11 is 0. The second-order valence-electron chi connectivity index (χ2n) is 8.42. The number of aliphatic hydroxyl groups is 1. The Balaban J connectivity index is 1.60. The third-order valence-electron chi connectivity index (χ3n) is 6.34. The van der Waals surface area contributed by atoms with Crippen molar-refractivity contribution in [2.45, 2.75) is 32.0 Å². The number of ether oxygens (including phenoxy) is 1. The predicted octanol–water partition coefficient (Wildman–Crippen LogP) is 1.54. The van der Waals surface area contributed by atoms with Gasteiger partial charge < -0.3 is 24.6 Å². The largest absolute Gasteiger partial charge is 0.483 e. The van der Waals surface area contributed by atoms with Crippen LogP contribution in [0.25, 0.3) is 0 Å². The molecule has 30 heavy (non-hydrogen) atoms. The molecule has 1 aromatic carbocycles. The molecule has 2 aliphatic rings. The molecule has 160 valence electrons. The number of hydrogen-bond acceptors (Lipinski definition) is 5. The molecule has 2 aliphatic heterocycles. The standard InChI is InChI=1S/C23H29N3O4/c1-25-13-9-18(27)21(30-14-17-6-3-2-4-7-17)20(25)22(29)26-12-5-10-23(16-26)15-24-11-8-19(23)28/h2-4,6-7,9,13,19,24,28H,5,8,10-12,14-16H2,1H3/t19-,23-/m0/s1. The number of hydrogen-bond donors (Lipinski definition) is 2. The number of nitrogens with zero attached hydrogens (tertiary/aromatic N) is 2. The normalized spacial score (nSPS) is 24.1. The molecule has 7 nitrogen and oxygen atoms in total. The van der Waals surface area contributed by atoms with E-state index >= 15 is 0 Å². The highest BCUT2D eigenvalue weighted by Gasteiger charge is 2.44. The summed E-state index contributed by atoms with van der Waals surface area (Å²) in [6.07, 6.45) is 3.57. The summed E-state index contributed by atoms with van der Waals surface area (Å²) in [7, 11) is 1.75. The summed E-state index contributed by atoms with van der Waals surface area (Å²) in [6.45, 7) is 2.78. The lowest BCUT2D eigenvalue weighted by atomic mass is 9.72. The zero-order chi connectivity index (χ0) is 21.1. The SMILES string of the molecule is Cn1ccc(=O)c(OCc2ccccc2)c1C(=O)N1CCC[C@]2(CNCC[C@@H]2O)C1. The molecule has 0 unspecified atom stereocenters. The van der Waals surface area contributed by atoms with Crippen LogP contribution in [0.15, 0.2) is 47.4 Å². The number of aryl methyl sites for hydroxylation is 1. The van der Waals surface area contributed by atoms with Gasteiger partial charge in [-0.15, -0.1) is 0 Å². The van der Waals surface area contributed by atoms with E-state index in [2.05, 4.69) is 5.32 Å². The second kappa shape index (κ2) is 8.62. The van der Waals surface area contributed by atoms with E-state index in [0.717, 1.165) is 24.9 Å². The van der Waals surface area contributed by atoms with Crippen LogP contribution in [0, 0.1) is 5.41 Å². The quantitative estimate of drug-likeness (QED) is 0.798. The summed E-state index contributed by atoms with van der Waals surface area (Å²) in [5.74, 6) is -0.147. The molecule has 2 aromatic rings. The average molecular weight is 412 g/mol. The molecular formula is C23H29N3O4. The minimum absolute atomic E-state index is 0.0794. The van der Waals surface area contributed by atoms with Crippen LogP contribution in [0.4, 0.5) is 0 Å². The predicted molar refractivity (Wildman–Crippen MR) is 114 cm³/mol. The lowest BCUT2D eigenvalue weighted by molar-refractivity contribution is -0.0435. The first-order chi connectivity index (χ1) is 14.5. The van der Waals surface area contributed by atoms with Gasteiger partial charge in [-0.1, -0.05) is 30.3 Å². The highest BCUT2D eigenvalue weighted by molar-refractivity contribution is 5.95. The van der Waals surface area contributed by atoms with Gasteiger partial charge in [0.1, 0.15) is 6.61 Å². The van der Waals surface area contributed by atoms with Crippen molar-refractivity contribution in [2.24, 2.45) is 12.5 Å². The van der Waals surface area contributed by atoms with Gasteiger partial charge in [0.25, 0.3) is 5.91 Å². The van der Waals surface area contributed by atoms with Gasteiger partial charge in [-0.25, -0.2) is 0 Å². The Bertz CT molecular complexity index is 955. The van der Waals surface area contributed by atoms with Gasteiger partial charge in [0, 0.05) is 44.4 Å². The molecule has 1 spiro atoms. The Morgan fingerprint density at radius 2 is 2.10 bits per heavy atom. The van der Waals surface area contributed by atoms with E-state index in [1.165, 1.54) is 6.07 Å². The molecule has 0 aliphatic carbocycles. The fraction of sp³-hybridized carbons (Fsp3) is 0.478. The van der Waals surface area contributed by atoms with Gasteiger partial charge in [-0.05, 0) is 31.4 Å². The molecule has 3 heterocycles. The number of likely N-dealkylation sites (tertiary alicyclic amines) is 1. The van der Waals surface area contributed by atoms with E-state index in [9.17, 15) is 14.7 Å². The van der Waals surface area contributed by atoms with Crippen LogP contribution in [0.3, 0.4) is 0 Å². The molecule has 2 saturated heterocycles. The van der Waals surface area contributed by atoms with Crippen LogP contribution in [-0.2, 0) is 13.7 Å². The minimum Gasteiger partial charge on any atom is -0.483 e. The average Bonchev–Trinajstić information content (AvgIpc) is 2.77. The van der Waals surface area contributed by atoms with Crippen molar-refractivity contribution in [1.82, 2.24) is 14.8 Å². The van der Waals surface area contributed by atoms with Crippen molar-refractivity contribution < 1.29 is 14.6 Å². The number of carbonyl (C=O) groups is 1. The highest BCUT2D eigenvalue weighted by Crippen LogP contribution is 2.37. The molecule has 0 saturated carbocycles. The fourth-order valence-corrected chi connectivity index (χ4v) is 4.62. The van der Waals surface area contributed by atoms with E-state index in [-0.39, 0.29) is 34.8 Å². The lowest BCUT2D eigenvalue weighted by Crippen LogP contribution is -2.59. The summed E-state index contributed by atoms with van der Waals surface area (Å²) < 4.78 is 7.52. The maximum atomic E-state index is 13.5. The van der Waals surface area contributed by atoms with Crippen molar-refractivity contribution in [3.05, 3.63) is 64.1 Å². The maximum Gasteiger partial charge on any atom is 0.274 e. The van der Waals surface area contributed by atoms with E-state index in [0.29, 0.717) is 26.1 Å². The molecule has 2 N–H and O–H groups in total. The molecule has 7 heteroatoms. The number of rotatable bonds is 4. The maximum absolute atomic E-state index is 13.5. The van der Waals surface area contributed by atoms with Crippen LogP contribution in [0.1, 0.15) is 35.3 Å². The number of piperidine rings is 2. The lowest BCUT2D eigenvalue weighted by Gasteiger charge is -2.48. The summed E-state index contributed by atoms with van der Waals surface area (Å²) in [4.78, 5) is 27.9. The van der Waals surface area contributed by atoms with Crippen molar-refractivity contribution in [2.75, 3.05) is 26.2 Å². The van der Waals surface area contributed by atoms with Crippen LogP contribution < -0.4 is 15.5 Å². The van der Waals surface area contributed by atoms with Crippen LogP contribution in [-0.4, -0.2) is 52.8 Å². The van der Waals surface area contributed by atoms with Gasteiger partial charge in [-0.2, -0.15) is 0 Å². The number of pyridine rings is 1. The topological polar surface area (TPSA) is 83.8 Å². The van der Waals surface area contributed by atoms with Gasteiger partial charge in [-0.3, -0.25) is 9.59 Å². The fourth-order valence-electron chi connectivity index (χ4n) is 4.62. The molecule has 2 fully saturated rings. The first-order valence-corrected chi connectivity index (χ1v) is 10.5. The molecular weight excluding hydrogens is 382 g/mol. The monoisotopic (exact) mass is 411 g/mol. The van der Waals surface area contributed by atoms with E-state index in [4.69, 9.17) is 4.74 Å². The number of aromatic nitrogens is 1. The number of benzene rings is 1. The Morgan fingerprint density at radius 1 is 1.30 bits per heavy atom. The van der Waals surface area contributed by atoms with Crippen molar-refractivity contribution in [1.29, 1.82) is 0 Å². The second-order valence-corrected chi connectivity index (χ2v) is 8.42. The van der Waals surface area contributed by atoms with E-state index < -0.39 is 6.10 Å². The zero-order valence-corrected chi connectivity index (χ0v) is 17.3. The third-order valence-corrected chi connectivity index (χ3v) is 6.34. The summed E-state index contributed by atoms with van der Waals surface area (Å²) in [5, 5.41) is 14.0. The molecule has 1 aromatic heterocycles. The van der Waals surface area contributed by atoms with Gasteiger partial charge >= 0.3 is 0 Å². The number of nitrogens with one attached hydrogen (secondary N) is 1. The third kappa shape index (κ3) is 4.00. The Labute approximate surface area is 176 Å². The van der Waals surface area contributed by atoms with Crippen LogP contribution >= 0.6 is 0 Å². The first kappa shape index (κ1) is 20.6. The molecule has 2 atom stereocenters. The van der Waals surface area contributed by atoms with E-state index in [1.54, 1.807) is 22.7 Å². The smallest absolute Gasteiger partial charge is 0.274 e. The number of aliphatic hydroxyl groups excluding tert-OH is 1. The minimum atomic E-state index is -0.428. The first-order valence-electron chi connectivity index (χ1n) is 10.5. The van der Waals surface area contributed by atoms with Crippen LogP contribution in [0.2, 0.25) is 0 Å². The Kier molecular flexibility index (Phi) is 5.92. The summed E-state index contributed by atoms with van der Waals surface area (Å²) in [5.41, 5.74) is 0.549.